The van der Waals surface area contributed by atoms with Gasteiger partial charge >= 0.3 is 6.09 Å². The van der Waals surface area contributed by atoms with Gasteiger partial charge in [0.2, 0.25) is 0 Å². The van der Waals surface area contributed by atoms with E-state index in [1.165, 1.54) is 11.1 Å². The molecule has 0 spiro atoms. The van der Waals surface area contributed by atoms with Crippen LogP contribution in [0.1, 0.15) is 30.4 Å². The van der Waals surface area contributed by atoms with Crippen LogP contribution in [0.3, 0.4) is 0 Å². The molecule has 2 atom stereocenters. The maximum absolute atomic E-state index is 12.6. The van der Waals surface area contributed by atoms with Crippen molar-refractivity contribution in [2.75, 3.05) is 0 Å². The number of nitrogens with zero attached hydrogens (tertiary/aromatic N) is 2. The van der Waals surface area contributed by atoms with Gasteiger partial charge in [-0.3, -0.25) is 9.88 Å². The van der Waals surface area contributed by atoms with Crippen molar-refractivity contribution in [3.8, 4) is 0 Å². The number of aromatic nitrogens is 1. The lowest BCUT2D eigenvalue weighted by atomic mass is 9.96. The molecule has 1 amide bonds. The van der Waals surface area contributed by atoms with Crippen LogP contribution in [0.15, 0.2) is 66.5 Å². The fraction of sp³-hybridized carbons (Fsp3) is 0.333. The Kier molecular flexibility index (Phi) is 4.51. The van der Waals surface area contributed by atoms with E-state index < -0.39 is 0 Å². The van der Waals surface area contributed by atoms with Crippen LogP contribution >= 0.6 is 0 Å². The number of carbonyl (C=O) groups is 1. The molecule has 4 nitrogen and oxygen atoms in total. The van der Waals surface area contributed by atoms with E-state index in [2.05, 4.69) is 17.1 Å². The van der Waals surface area contributed by atoms with Gasteiger partial charge in [0.25, 0.3) is 0 Å². The van der Waals surface area contributed by atoms with Crippen LogP contribution in [-0.4, -0.2) is 28.1 Å². The van der Waals surface area contributed by atoms with Crippen molar-refractivity contribution in [1.29, 1.82) is 0 Å². The fourth-order valence-corrected chi connectivity index (χ4v) is 3.89. The molecule has 1 fully saturated rings. The summed E-state index contributed by atoms with van der Waals surface area (Å²) < 4.78 is 5.55. The van der Waals surface area contributed by atoms with E-state index in [1.54, 1.807) is 6.20 Å². The first-order chi connectivity index (χ1) is 12.3. The van der Waals surface area contributed by atoms with E-state index >= 15 is 0 Å². The standard InChI is InChI=1S/C21H22N2O2/c24-21(25-15-16-5-2-1-3-6-16)23-19-8-9-20(23)13-18(12-19)11-17-7-4-10-22-14-17/h1-7,10,12,14,19-20H,8-9,11,13,15H2. The molecule has 2 aliphatic heterocycles. The summed E-state index contributed by atoms with van der Waals surface area (Å²) >= 11 is 0. The van der Waals surface area contributed by atoms with Crippen molar-refractivity contribution in [1.82, 2.24) is 9.88 Å². The molecule has 4 rings (SSSR count). The molecule has 0 aliphatic carbocycles. The number of hydrogen-bond acceptors (Lipinski definition) is 3. The normalized spacial score (nSPS) is 21.8. The van der Waals surface area contributed by atoms with Gasteiger partial charge in [0, 0.05) is 18.4 Å². The van der Waals surface area contributed by atoms with E-state index in [9.17, 15) is 4.79 Å². The molecule has 2 aliphatic rings. The van der Waals surface area contributed by atoms with Crippen molar-refractivity contribution in [2.24, 2.45) is 0 Å². The molecular formula is C21H22N2O2. The summed E-state index contributed by atoms with van der Waals surface area (Å²) in [4.78, 5) is 18.7. The Morgan fingerprint density at radius 1 is 1.12 bits per heavy atom. The highest BCUT2D eigenvalue weighted by molar-refractivity contribution is 5.70. The first kappa shape index (κ1) is 15.9. The van der Waals surface area contributed by atoms with Gasteiger partial charge in [-0.25, -0.2) is 4.79 Å². The molecule has 2 aromatic rings. The van der Waals surface area contributed by atoms with Crippen LogP contribution in [-0.2, 0) is 17.8 Å². The Labute approximate surface area is 148 Å². The minimum atomic E-state index is -0.187. The monoisotopic (exact) mass is 334 g/mol. The third kappa shape index (κ3) is 3.58. The van der Waals surface area contributed by atoms with Crippen molar-refractivity contribution < 1.29 is 9.53 Å². The predicted molar refractivity (Wildman–Crippen MR) is 95.9 cm³/mol. The highest BCUT2D eigenvalue weighted by atomic mass is 16.6. The topological polar surface area (TPSA) is 42.4 Å². The quantitative estimate of drug-likeness (QED) is 0.790. The maximum Gasteiger partial charge on any atom is 0.410 e. The van der Waals surface area contributed by atoms with Crippen molar-refractivity contribution in [3.63, 3.8) is 0 Å². The van der Waals surface area contributed by atoms with Crippen LogP contribution < -0.4 is 0 Å². The Morgan fingerprint density at radius 2 is 1.96 bits per heavy atom. The van der Waals surface area contributed by atoms with Crippen LogP contribution in [0.25, 0.3) is 0 Å². The third-order valence-electron chi connectivity index (χ3n) is 5.04. The summed E-state index contributed by atoms with van der Waals surface area (Å²) in [6, 6.07) is 14.4. The summed E-state index contributed by atoms with van der Waals surface area (Å²) in [6.45, 7) is 0.335. The maximum atomic E-state index is 12.6. The molecule has 128 valence electrons. The van der Waals surface area contributed by atoms with Gasteiger partial charge in [0.15, 0.2) is 0 Å². The SMILES string of the molecule is O=C(OCc1ccccc1)N1C2C=C(Cc3cccnc3)CC1CC2. The van der Waals surface area contributed by atoms with Crippen LogP contribution in [0.4, 0.5) is 4.79 Å². The molecule has 0 saturated carbocycles. The molecule has 0 N–H and O–H groups in total. The summed E-state index contributed by atoms with van der Waals surface area (Å²) in [7, 11) is 0. The lowest BCUT2D eigenvalue weighted by Gasteiger charge is -2.33. The number of amides is 1. The number of ether oxygens (including phenoxy) is 1. The average Bonchev–Trinajstić information content (AvgIpc) is 2.92. The smallest absolute Gasteiger partial charge is 0.410 e. The zero-order valence-electron chi connectivity index (χ0n) is 14.2. The molecule has 1 saturated heterocycles. The molecular weight excluding hydrogens is 312 g/mol. The first-order valence-electron chi connectivity index (χ1n) is 8.87. The highest BCUT2D eigenvalue weighted by Crippen LogP contribution is 2.36. The summed E-state index contributed by atoms with van der Waals surface area (Å²) in [5.74, 6) is 0. The van der Waals surface area contributed by atoms with Crippen molar-refractivity contribution >= 4 is 6.09 Å². The number of carbonyl (C=O) groups excluding carboxylic acids is 1. The van der Waals surface area contributed by atoms with Crippen LogP contribution in [0.5, 0.6) is 0 Å². The predicted octanol–water partition coefficient (Wildman–Crippen LogP) is 4.12. The second-order valence-corrected chi connectivity index (χ2v) is 6.81. The molecule has 1 aromatic carbocycles. The van der Waals surface area contributed by atoms with E-state index in [0.29, 0.717) is 6.61 Å². The van der Waals surface area contributed by atoms with E-state index in [-0.39, 0.29) is 18.2 Å². The number of pyridine rings is 1. The second kappa shape index (κ2) is 7.09. The van der Waals surface area contributed by atoms with Gasteiger partial charge in [0.05, 0.1) is 6.04 Å². The van der Waals surface area contributed by atoms with Gasteiger partial charge in [-0.15, -0.1) is 0 Å². The van der Waals surface area contributed by atoms with Crippen molar-refractivity contribution in [3.05, 3.63) is 77.6 Å². The minimum absolute atomic E-state index is 0.175. The lowest BCUT2D eigenvalue weighted by Crippen LogP contribution is -2.43. The second-order valence-electron chi connectivity index (χ2n) is 6.81. The third-order valence-corrected chi connectivity index (χ3v) is 5.04. The van der Waals surface area contributed by atoms with Gasteiger partial charge in [0.1, 0.15) is 6.61 Å². The molecule has 1 aromatic heterocycles. The van der Waals surface area contributed by atoms with E-state index in [1.807, 2.05) is 47.5 Å². The van der Waals surface area contributed by atoms with Gasteiger partial charge in [-0.05, 0) is 42.9 Å². The largest absolute Gasteiger partial charge is 0.445 e. The molecule has 4 heteroatoms. The number of hydrogen-bond donors (Lipinski definition) is 0. The molecule has 2 unspecified atom stereocenters. The van der Waals surface area contributed by atoms with Gasteiger partial charge < -0.3 is 4.74 Å². The highest BCUT2D eigenvalue weighted by Gasteiger charge is 2.40. The number of rotatable bonds is 4. The number of benzene rings is 1. The van der Waals surface area contributed by atoms with Crippen LogP contribution in [0.2, 0.25) is 0 Å². The van der Waals surface area contributed by atoms with Crippen LogP contribution in [0, 0.1) is 0 Å². The number of fused-ring (bicyclic) bond motifs is 2. The zero-order valence-corrected chi connectivity index (χ0v) is 14.2. The molecule has 3 heterocycles. The fourth-order valence-electron chi connectivity index (χ4n) is 3.89. The summed E-state index contributed by atoms with van der Waals surface area (Å²) in [5.41, 5.74) is 3.66. The molecule has 25 heavy (non-hydrogen) atoms. The van der Waals surface area contributed by atoms with Gasteiger partial charge in [-0.2, -0.15) is 0 Å². The van der Waals surface area contributed by atoms with Gasteiger partial charge in [-0.1, -0.05) is 48.0 Å². The average molecular weight is 334 g/mol. The Morgan fingerprint density at radius 3 is 2.72 bits per heavy atom. The summed E-state index contributed by atoms with van der Waals surface area (Å²) in [5, 5.41) is 0. The van der Waals surface area contributed by atoms with E-state index in [4.69, 9.17) is 4.74 Å². The first-order valence-corrected chi connectivity index (χ1v) is 8.87. The molecule has 2 bridgehead atoms. The Balaban J connectivity index is 1.40. The Hall–Kier alpha value is -2.62. The van der Waals surface area contributed by atoms with Crippen molar-refractivity contribution in [2.45, 2.75) is 44.4 Å². The molecule has 0 radical (unpaired) electrons. The summed E-state index contributed by atoms with van der Waals surface area (Å²) in [6.07, 6.45) is 9.74. The minimum Gasteiger partial charge on any atom is -0.445 e. The van der Waals surface area contributed by atoms with E-state index in [0.717, 1.165) is 31.2 Å². The Bertz CT molecular complexity index is 758. The zero-order chi connectivity index (χ0) is 17.1. The lowest BCUT2D eigenvalue weighted by molar-refractivity contribution is 0.0816.